The zero-order chi connectivity index (χ0) is 19.5. The van der Waals surface area contributed by atoms with Crippen molar-refractivity contribution in [3.8, 4) is 11.5 Å². The van der Waals surface area contributed by atoms with Gasteiger partial charge in [-0.2, -0.15) is 4.31 Å². The first-order valence-electron chi connectivity index (χ1n) is 8.80. The van der Waals surface area contributed by atoms with Gasteiger partial charge in [0.2, 0.25) is 10.0 Å². The summed E-state index contributed by atoms with van der Waals surface area (Å²) in [6, 6.07) is 14.7. The normalized spacial score (nSPS) is 15.6. The number of sulfonamides is 1. The molecule has 2 aromatic carbocycles. The molecular weight excluding hydrogens is 366 g/mol. The van der Waals surface area contributed by atoms with E-state index in [1.165, 1.54) is 4.31 Å². The van der Waals surface area contributed by atoms with E-state index < -0.39 is 14.8 Å². The quantitative estimate of drug-likeness (QED) is 0.711. The maximum absolute atomic E-state index is 13.2. The minimum Gasteiger partial charge on any atom is -0.497 e. The van der Waals surface area contributed by atoms with Crippen molar-refractivity contribution in [2.24, 2.45) is 0 Å². The maximum Gasteiger partial charge on any atom is 0.222 e. The highest BCUT2D eigenvalue weighted by atomic mass is 32.2. The molecule has 3 rings (SSSR count). The lowest BCUT2D eigenvalue weighted by molar-refractivity contribution is 0.274. The molecular formula is C20H25NO5S. The molecule has 27 heavy (non-hydrogen) atoms. The molecule has 146 valence electrons. The largest absolute Gasteiger partial charge is 0.497 e. The molecule has 0 unspecified atom stereocenters. The van der Waals surface area contributed by atoms with Crippen LogP contribution in [0.5, 0.6) is 11.5 Å². The minimum absolute atomic E-state index is 0.236. The fraction of sp³-hybridized carbons (Fsp3) is 0.400. The van der Waals surface area contributed by atoms with Crippen molar-refractivity contribution in [3.05, 3.63) is 59.7 Å². The molecule has 0 bridgehead atoms. The number of aliphatic hydroxyl groups is 1. The Bertz CT molecular complexity index is 809. The third kappa shape index (κ3) is 4.10. The second-order valence-electron chi connectivity index (χ2n) is 6.81. The number of hydrogen-bond acceptors (Lipinski definition) is 5. The van der Waals surface area contributed by atoms with Crippen LogP contribution in [0.2, 0.25) is 0 Å². The fourth-order valence-electron chi connectivity index (χ4n) is 3.01. The number of rotatable bonds is 9. The third-order valence-corrected chi connectivity index (χ3v) is 7.59. The predicted octanol–water partition coefficient (Wildman–Crippen LogP) is 2.56. The summed E-state index contributed by atoms with van der Waals surface area (Å²) in [6.07, 6.45) is 0.987. The summed E-state index contributed by atoms with van der Waals surface area (Å²) in [6.45, 7) is 0.122. The molecule has 0 radical (unpaired) electrons. The zero-order valence-electron chi connectivity index (χ0n) is 15.6. The number of hydrogen-bond donors (Lipinski definition) is 1. The second kappa shape index (κ2) is 7.88. The van der Waals surface area contributed by atoms with Crippen molar-refractivity contribution in [2.45, 2.75) is 30.7 Å². The minimum atomic E-state index is -3.65. The van der Waals surface area contributed by atoms with Crippen LogP contribution in [0.3, 0.4) is 0 Å². The number of methoxy groups -OCH3 is 2. The summed E-state index contributed by atoms with van der Waals surface area (Å²) in [5.74, 6) is 1.44. The molecule has 0 aromatic heterocycles. The average molecular weight is 391 g/mol. The van der Waals surface area contributed by atoms with Gasteiger partial charge in [0.1, 0.15) is 16.2 Å². The number of nitrogens with zero attached hydrogens (tertiary/aromatic N) is 1. The Hall–Kier alpha value is -2.09. The summed E-state index contributed by atoms with van der Waals surface area (Å²) in [7, 11) is -0.465. The topological polar surface area (TPSA) is 76.1 Å². The van der Waals surface area contributed by atoms with Crippen molar-refractivity contribution in [1.82, 2.24) is 4.31 Å². The average Bonchev–Trinajstić information content (AvgIpc) is 3.50. The summed E-state index contributed by atoms with van der Waals surface area (Å²) in [5, 5.41) is 9.67. The van der Waals surface area contributed by atoms with E-state index in [1.54, 1.807) is 14.2 Å². The molecule has 6 nitrogen and oxygen atoms in total. The molecule has 2 aromatic rings. The molecule has 0 atom stereocenters. The van der Waals surface area contributed by atoms with Crippen molar-refractivity contribution >= 4 is 10.0 Å². The van der Waals surface area contributed by atoms with Crippen LogP contribution in [0.1, 0.15) is 24.0 Å². The Morgan fingerprint density at radius 1 is 0.889 bits per heavy atom. The van der Waals surface area contributed by atoms with Crippen molar-refractivity contribution in [2.75, 3.05) is 20.8 Å². The Morgan fingerprint density at radius 3 is 1.59 bits per heavy atom. The molecule has 1 N–H and O–H groups in total. The van der Waals surface area contributed by atoms with Gasteiger partial charge in [0, 0.05) is 13.1 Å². The molecule has 0 heterocycles. The first-order valence-corrected chi connectivity index (χ1v) is 10.2. The van der Waals surface area contributed by atoms with Gasteiger partial charge < -0.3 is 14.6 Å². The first-order chi connectivity index (χ1) is 12.9. The number of benzene rings is 2. The molecule has 0 aliphatic heterocycles. The van der Waals surface area contributed by atoms with Crippen LogP contribution in [-0.4, -0.2) is 43.4 Å². The fourth-order valence-corrected chi connectivity index (χ4v) is 4.97. The van der Waals surface area contributed by atoms with Gasteiger partial charge in [-0.1, -0.05) is 24.3 Å². The van der Waals surface area contributed by atoms with Crippen LogP contribution in [0, 0.1) is 0 Å². The third-order valence-electron chi connectivity index (χ3n) is 5.02. The van der Waals surface area contributed by atoms with E-state index in [2.05, 4.69) is 0 Å². The van der Waals surface area contributed by atoms with E-state index >= 15 is 0 Å². The van der Waals surface area contributed by atoms with Gasteiger partial charge in [0.25, 0.3) is 0 Å². The lowest BCUT2D eigenvalue weighted by Crippen LogP contribution is -2.41. The molecule has 1 aliphatic rings. The lowest BCUT2D eigenvalue weighted by atomic mass is 10.2. The zero-order valence-corrected chi connectivity index (χ0v) is 16.4. The Balaban J connectivity index is 1.87. The lowest BCUT2D eigenvalue weighted by Gasteiger charge is -2.27. The van der Waals surface area contributed by atoms with Crippen molar-refractivity contribution in [1.29, 1.82) is 0 Å². The van der Waals surface area contributed by atoms with E-state index in [4.69, 9.17) is 9.47 Å². The summed E-state index contributed by atoms with van der Waals surface area (Å²) < 4.78 is 37.2. The highest BCUT2D eigenvalue weighted by Crippen LogP contribution is 2.45. The highest BCUT2D eigenvalue weighted by Gasteiger charge is 2.56. The van der Waals surface area contributed by atoms with E-state index in [-0.39, 0.29) is 19.7 Å². The molecule has 1 saturated carbocycles. The van der Waals surface area contributed by atoms with Crippen LogP contribution < -0.4 is 9.47 Å². The molecule has 1 fully saturated rings. The van der Waals surface area contributed by atoms with Crippen molar-refractivity contribution in [3.63, 3.8) is 0 Å². The Morgan fingerprint density at radius 2 is 1.30 bits per heavy atom. The summed E-state index contributed by atoms with van der Waals surface area (Å²) >= 11 is 0. The molecule has 0 saturated heterocycles. The van der Waals surface area contributed by atoms with Gasteiger partial charge in [-0.05, 0) is 48.2 Å². The predicted molar refractivity (Wildman–Crippen MR) is 103 cm³/mol. The van der Waals surface area contributed by atoms with Gasteiger partial charge in [-0.15, -0.1) is 0 Å². The van der Waals surface area contributed by atoms with E-state index in [1.807, 2.05) is 48.5 Å². The molecule has 1 aliphatic carbocycles. The Kier molecular flexibility index (Phi) is 5.74. The highest BCUT2D eigenvalue weighted by molar-refractivity contribution is 7.90. The SMILES string of the molecule is COc1ccc(CN(Cc2ccc(OC)cc2)S(=O)(=O)C2(CO)CC2)cc1. The molecule has 0 amide bonds. The summed E-state index contributed by atoms with van der Waals surface area (Å²) in [4.78, 5) is 0. The molecule has 0 spiro atoms. The smallest absolute Gasteiger partial charge is 0.222 e. The monoisotopic (exact) mass is 391 g/mol. The molecule has 7 heteroatoms. The maximum atomic E-state index is 13.2. The van der Waals surface area contributed by atoms with Crippen LogP contribution in [0.15, 0.2) is 48.5 Å². The van der Waals surface area contributed by atoms with Crippen LogP contribution in [-0.2, 0) is 23.1 Å². The van der Waals surface area contributed by atoms with Gasteiger partial charge in [-0.25, -0.2) is 8.42 Å². The van der Waals surface area contributed by atoms with Crippen LogP contribution in [0.25, 0.3) is 0 Å². The van der Waals surface area contributed by atoms with Crippen molar-refractivity contribution < 1.29 is 23.0 Å². The van der Waals surface area contributed by atoms with E-state index in [0.29, 0.717) is 12.8 Å². The van der Waals surface area contributed by atoms with E-state index in [0.717, 1.165) is 22.6 Å². The first kappa shape index (κ1) is 19.7. The standard InChI is InChI=1S/C20H25NO5S/c1-25-18-7-3-16(4-8-18)13-21(27(23,24)20(15-22)11-12-20)14-17-5-9-19(26-2)10-6-17/h3-10,22H,11-15H2,1-2H3. The summed E-state index contributed by atoms with van der Waals surface area (Å²) in [5.41, 5.74) is 1.73. The number of aliphatic hydroxyl groups excluding tert-OH is 1. The second-order valence-corrected chi connectivity index (χ2v) is 9.14. The van der Waals surface area contributed by atoms with Crippen LogP contribution in [0.4, 0.5) is 0 Å². The van der Waals surface area contributed by atoms with Gasteiger partial charge in [-0.3, -0.25) is 0 Å². The Labute approximate surface area is 160 Å². The number of ether oxygens (including phenoxy) is 2. The van der Waals surface area contributed by atoms with E-state index in [9.17, 15) is 13.5 Å². The van der Waals surface area contributed by atoms with Crippen LogP contribution >= 0.6 is 0 Å². The van der Waals surface area contributed by atoms with Gasteiger partial charge >= 0.3 is 0 Å². The van der Waals surface area contributed by atoms with Gasteiger partial charge in [0.05, 0.1) is 20.8 Å². The van der Waals surface area contributed by atoms with Gasteiger partial charge in [0.15, 0.2) is 0 Å².